The van der Waals surface area contributed by atoms with Crippen LogP contribution in [0.3, 0.4) is 0 Å². The van der Waals surface area contributed by atoms with Crippen LogP contribution < -0.4 is 5.32 Å². The van der Waals surface area contributed by atoms with Crippen LogP contribution >= 0.6 is 35.0 Å². The van der Waals surface area contributed by atoms with Gasteiger partial charge in [0.1, 0.15) is 0 Å². The van der Waals surface area contributed by atoms with E-state index >= 15 is 0 Å². The third-order valence-electron chi connectivity index (χ3n) is 3.04. The number of benzene rings is 1. The largest absolute Gasteiger partial charge is 0.313 e. The second-order valence-electron chi connectivity index (χ2n) is 4.13. The molecule has 0 radical (unpaired) electrons. The van der Waals surface area contributed by atoms with Crippen molar-refractivity contribution in [2.24, 2.45) is 0 Å². The summed E-state index contributed by atoms with van der Waals surface area (Å²) in [5.41, 5.74) is 2.50. The van der Waals surface area contributed by atoms with E-state index in [1.165, 1.54) is 11.1 Å². The van der Waals surface area contributed by atoms with Gasteiger partial charge in [0.15, 0.2) is 0 Å². The summed E-state index contributed by atoms with van der Waals surface area (Å²) in [5.74, 6) is 0.952. The van der Waals surface area contributed by atoms with E-state index in [0.717, 1.165) is 17.2 Å². The fraction of sp³-hybridized carbons (Fsp3) is 0.500. The maximum absolute atomic E-state index is 6.28. The Morgan fingerprint density at radius 1 is 1.38 bits per heavy atom. The van der Waals surface area contributed by atoms with E-state index in [9.17, 15) is 0 Å². The Labute approximate surface area is 111 Å². The highest BCUT2D eigenvalue weighted by molar-refractivity contribution is 7.99. The summed E-state index contributed by atoms with van der Waals surface area (Å²) in [6.07, 6.45) is 1.13. The molecule has 2 unspecified atom stereocenters. The van der Waals surface area contributed by atoms with Gasteiger partial charge >= 0.3 is 0 Å². The predicted molar refractivity (Wildman–Crippen MR) is 73.6 cm³/mol. The number of nitrogens with one attached hydrogen (secondary N) is 1. The lowest BCUT2D eigenvalue weighted by atomic mass is 9.98. The molecular weight excluding hydrogens is 261 g/mol. The molecule has 0 bridgehead atoms. The Balaban J connectivity index is 2.48. The highest BCUT2D eigenvalue weighted by Crippen LogP contribution is 2.40. The lowest BCUT2D eigenvalue weighted by Crippen LogP contribution is -2.19. The van der Waals surface area contributed by atoms with Crippen molar-refractivity contribution in [1.29, 1.82) is 0 Å². The zero-order valence-corrected chi connectivity index (χ0v) is 11.7. The van der Waals surface area contributed by atoms with Crippen LogP contribution in [0.25, 0.3) is 0 Å². The lowest BCUT2D eigenvalue weighted by molar-refractivity contribution is 0.549. The fourth-order valence-corrected chi connectivity index (χ4v) is 3.69. The second-order valence-corrected chi connectivity index (χ2v) is 6.34. The molecule has 1 heterocycles. The molecule has 4 heteroatoms. The van der Waals surface area contributed by atoms with Crippen LogP contribution in [0.1, 0.15) is 30.5 Å². The van der Waals surface area contributed by atoms with Crippen molar-refractivity contribution in [2.75, 3.05) is 7.05 Å². The zero-order chi connectivity index (χ0) is 11.7. The normalized spacial score (nSPS) is 25.0. The van der Waals surface area contributed by atoms with Crippen LogP contribution in [0.2, 0.25) is 10.0 Å². The number of hydrogen-bond acceptors (Lipinski definition) is 2. The first kappa shape index (κ1) is 12.6. The minimum atomic E-state index is 0.384. The maximum atomic E-state index is 6.28. The van der Waals surface area contributed by atoms with Gasteiger partial charge in [0, 0.05) is 17.0 Å². The molecule has 0 aliphatic carbocycles. The standard InChI is InChI=1S/C12H15Cl2NS/c1-7-5-11(15-2)8-3-4-10(13)12(14)9(8)6-16-7/h3-4,7,11,15H,5-6H2,1-2H3. The number of rotatable bonds is 1. The minimum Gasteiger partial charge on any atom is -0.313 e. The Kier molecular flexibility index (Phi) is 4.06. The van der Waals surface area contributed by atoms with Crippen molar-refractivity contribution in [3.8, 4) is 0 Å². The van der Waals surface area contributed by atoms with Gasteiger partial charge in [-0.2, -0.15) is 11.8 Å². The van der Waals surface area contributed by atoms with Crippen molar-refractivity contribution >= 4 is 35.0 Å². The van der Waals surface area contributed by atoms with E-state index in [4.69, 9.17) is 23.2 Å². The maximum Gasteiger partial charge on any atom is 0.0636 e. The number of halogens is 2. The minimum absolute atomic E-state index is 0.384. The number of hydrogen-bond donors (Lipinski definition) is 1. The molecule has 0 spiro atoms. The van der Waals surface area contributed by atoms with Gasteiger partial charge in [-0.1, -0.05) is 36.2 Å². The molecule has 0 saturated heterocycles. The molecule has 16 heavy (non-hydrogen) atoms. The summed E-state index contributed by atoms with van der Waals surface area (Å²) in [6, 6.07) is 4.38. The summed E-state index contributed by atoms with van der Waals surface area (Å²) in [6.45, 7) is 2.26. The molecule has 1 aliphatic rings. The molecule has 88 valence electrons. The van der Waals surface area contributed by atoms with Crippen LogP contribution in [0, 0.1) is 0 Å². The van der Waals surface area contributed by atoms with E-state index < -0.39 is 0 Å². The molecule has 0 amide bonds. The molecular formula is C12H15Cl2NS. The van der Waals surface area contributed by atoms with Crippen molar-refractivity contribution in [1.82, 2.24) is 5.32 Å². The highest BCUT2D eigenvalue weighted by Gasteiger charge is 2.23. The van der Waals surface area contributed by atoms with Crippen molar-refractivity contribution in [3.05, 3.63) is 33.3 Å². The molecule has 1 nitrogen and oxygen atoms in total. The average molecular weight is 276 g/mol. The first-order valence-electron chi connectivity index (χ1n) is 5.39. The Morgan fingerprint density at radius 2 is 2.12 bits per heavy atom. The van der Waals surface area contributed by atoms with Gasteiger partial charge in [-0.15, -0.1) is 0 Å². The second kappa shape index (κ2) is 5.18. The third-order valence-corrected chi connectivity index (χ3v) is 5.10. The van der Waals surface area contributed by atoms with Gasteiger partial charge < -0.3 is 5.32 Å². The molecule has 1 aromatic carbocycles. The third kappa shape index (κ3) is 2.35. The van der Waals surface area contributed by atoms with Gasteiger partial charge in [-0.05, 0) is 30.7 Å². The van der Waals surface area contributed by atoms with Crippen molar-refractivity contribution in [3.63, 3.8) is 0 Å². The van der Waals surface area contributed by atoms with Gasteiger partial charge in [-0.3, -0.25) is 0 Å². The van der Waals surface area contributed by atoms with E-state index in [-0.39, 0.29) is 0 Å². The van der Waals surface area contributed by atoms with Crippen LogP contribution in [-0.2, 0) is 5.75 Å². The summed E-state index contributed by atoms with van der Waals surface area (Å²) < 4.78 is 0. The average Bonchev–Trinajstić information content (AvgIpc) is 2.43. The first-order chi connectivity index (χ1) is 7.63. The molecule has 0 fully saturated rings. The van der Waals surface area contributed by atoms with Crippen molar-refractivity contribution < 1.29 is 0 Å². The SMILES string of the molecule is CNC1CC(C)SCc2c1ccc(Cl)c2Cl. The van der Waals surface area contributed by atoms with Crippen LogP contribution in [0.5, 0.6) is 0 Å². The van der Waals surface area contributed by atoms with E-state index in [0.29, 0.717) is 16.3 Å². The van der Waals surface area contributed by atoms with Crippen LogP contribution in [0.4, 0.5) is 0 Å². The van der Waals surface area contributed by atoms with Gasteiger partial charge in [0.05, 0.1) is 10.0 Å². The fourth-order valence-electron chi connectivity index (χ4n) is 2.11. The van der Waals surface area contributed by atoms with Crippen LogP contribution in [0.15, 0.2) is 12.1 Å². The lowest BCUT2D eigenvalue weighted by Gasteiger charge is -2.19. The molecule has 2 atom stereocenters. The molecule has 2 rings (SSSR count). The van der Waals surface area contributed by atoms with Gasteiger partial charge in [0.25, 0.3) is 0 Å². The Hall–Kier alpha value is 0.110. The molecule has 1 aliphatic heterocycles. The van der Waals surface area contributed by atoms with Crippen molar-refractivity contribution in [2.45, 2.75) is 30.4 Å². The predicted octanol–water partition coefficient (Wildman–Crippen LogP) is 4.28. The molecule has 1 N–H and O–H groups in total. The molecule has 1 aromatic rings. The van der Waals surface area contributed by atoms with Gasteiger partial charge in [-0.25, -0.2) is 0 Å². The topological polar surface area (TPSA) is 12.0 Å². The first-order valence-corrected chi connectivity index (χ1v) is 7.19. The Bertz CT molecular complexity index is 395. The summed E-state index contributed by atoms with van der Waals surface area (Å²) in [4.78, 5) is 0. The Morgan fingerprint density at radius 3 is 2.81 bits per heavy atom. The number of fused-ring (bicyclic) bond motifs is 1. The number of thioether (sulfide) groups is 1. The zero-order valence-electron chi connectivity index (χ0n) is 9.39. The molecule has 0 saturated carbocycles. The highest BCUT2D eigenvalue weighted by atomic mass is 35.5. The monoisotopic (exact) mass is 275 g/mol. The summed E-state index contributed by atoms with van der Waals surface area (Å²) in [5, 5.41) is 5.38. The van der Waals surface area contributed by atoms with E-state index in [1.807, 2.05) is 24.9 Å². The van der Waals surface area contributed by atoms with E-state index in [2.05, 4.69) is 18.3 Å². The summed E-state index contributed by atoms with van der Waals surface area (Å²) in [7, 11) is 2.00. The van der Waals surface area contributed by atoms with Crippen LogP contribution in [-0.4, -0.2) is 12.3 Å². The molecule has 0 aromatic heterocycles. The summed E-state index contributed by atoms with van der Waals surface area (Å²) >= 11 is 14.3. The van der Waals surface area contributed by atoms with Gasteiger partial charge in [0.2, 0.25) is 0 Å². The van der Waals surface area contributed by atoms with E-state index in [1.54, 1.807) is 0 Å². The smallest absolute Gasteiger partial charge is 0.0636 e. The quantitative estimate of drug-likeness (QED) is 0.821.